The van der Waals surface area contributed by atoms with Crippen LogP contribution < -0.4 is 19.7 Å². The van der Waals surface area contributed by atoms with E-state index in [4.69, 9.17) is 9.47 Å². The normalized spacial score (nSPS) is 13.7. The van der Waals surface area contributed by atoms with E-state index >= 15 is 0 Å². The average molecular weight is 399 g/mol. The van der Waals surface area contributed by atoms with Gasteiger partial charge in [0.05, 0.1) is 13.7 Å². The number of methoxy groups -OCH3 is 1. The highest BCUT2D eigenvalue weighted by molar-refractivity contribution is 5.92. The van der Waals surface area contributed by atoms with Gasteiger partial charge in [0.2, 0.25) is 12.4 Å². The van der Waals surface area contributed by atoms with Crippen molar-refractivity contribution in [1.29, 1.82) is 0 Å². The van der Waals surface area contributed by atoms with Crippen molar-refractivity contribution >= 4 is 18.3 Å². The summed E-state index contributed by atoms with van der Waals surface area (Å²) >= 11 is 0. The third-order valence-corrected chi connectivity index (χ3v) is 4.54. The molecule has 0 unspecified atom stereocenters. The minimum Gasteiger partial charge on any atom is -0.497 e. The number of amides is 2. The maximum Gasteiger partial charge on any atom is 0.270 e. The molecule has 1 fully saturated rings. The van der Waals surface area contributed by atoms with Crippen LogP contribution in [0.1, 0.15) is 16.2 Å². The fraction of sp³-hybridized carbons (Fsp3) is 0.400. The zero-order valence-corrected chi connectivity index (χ0v) is 16.6. The van der Waals surface area contributed by atoms with Crippen molar-refractivity contribution in [3.05, 3.63) is 41.7 Å². The SMILES string of the molecule is COc1ccc(OCCNC(=O)c2cc(C)nc(N3CCN(C=O)CC3)n2)cc1. The summed E-state index contributed by atoms with van der Waals surface area (Å²) in [4.78, 5) is 35.9. The molecule has 0 radical (unpaired) electrons. The maximum atomic E-state index is 12.5. The first-order chi connectivity index (χ1) is 14.1. The summed E-state index contributed by atoms with van der Waals surface area (Å²) in [5.74, 6) is 1.69. The first kappa shape index (κ1) is 20.4. The zero-order valence-electron chi connectivity index (χ0n) is 16.6. The number of nitrogens with one attached hydrogen (secondary N) is 1. The number of piperazine rings is 1. The minimum absolute atomic E-state index is 0.276. The topological polar surface area (TPSA) is 96.9 Å². The Morgan fingerprint density at radius 1 is 1.14 bits per heavy atom. The average Bonchev–Trinajstić information content (AvgIpc) is 2.76. The standard InChI is InChI=1S/C20H25N5O4/c1-15-13-18(23-20(22-15)25-10-8-24(14-26)9-11-25)19(27)21-7-12-29-17-5-3-16(28-2)4-6-17/h3-6,13-14H,7-12H2,1-2H3,(H,21,27). The first-order valence-corrected chi connectivity index (χ1v) is 9.44. The molecule has 3 rings (SSSR count). The Morgan fingerprint density at radius 2 is 1.83 bits per heavy atom. The highest BCUT2D eigenvalue weighted by Gasteiger charge is 2.19. The molecular formula is C20H25N5O4. The summed E-state index contributed by atoms with van der Waals surface area (Å²) < 4.78 is 10.7. The number of hydrogen-bond acceptors (Lipinski definition) is 7. The molecule has 29 heavy (non-hydrogen) atoms. The van der Waals surface area contributed by atoms with Crippen molar-refractivity contribution in [2.24, 2.45) is 0 Å². The summed E-state index contributed by atoms with van der Waals surface area (Å²) in [6, 6.07) is 8.91. The first-order valence-electron chi connectivity index (χ1n) is 9.44. The second-order valence-corrected chi connectivity index (χ2v) is 6.60. The number of aryl methyl sites for hydroxylation is 1. The Balaban J connectivity index is 1.52. The van der Waals surface area contributed by atoms with Crippen LogP contribution in [0.25, 0.3) is 0 Å². The third-order valence-electron chi connectivity index (χ3n) is 4.54. The van der Waals surface area contributed by atoms with Gasteiger partial charge in [-0.3, -0.25) is 9.59 Å². The van der Waals surface area contributed by atoms with Crippen LogP contribution in [-0.4, -0.2) is 73.6 Å². The molecule has 1 aliphatic rings. The zero-order chi connectivity index (χ0) is 20.6. The van der Waals surface area contributed by atoms with E-state index in [1.807, 2.05) is 36.1 Å². The second-order valence-electron chi connectivity index (χ2n) is 6.60. The predicted molar refractivity (Wildman–Crippen MR) is 107 cm³/mol. The van der Waals surface area contributed by atoms with Crippen molar-refractivity contribution in [3.8, 4) is 11.5 Å². The van der Waals surface area contributed by atoms with E-state index in [-0.39, 0.29) is 5.91 Å². The van der Waals surface area contributed by atoms with Crippen LogP contribution in [-0.2, 0) is 4.79 Å². The number of anilines is 1. The van der Waals surface area contributed by atoms with Crippen molar-refractivity contribution < 1.29 is 19.1 Å². The van der Waals surface area contributed by atoms with Gasteiger partial charge in [-0.1, -0.05) is 0 Å². The molecule has 1 aliphatic heterocycles. The molecule has 0 aliphatic carbocycles. The third kappa shape index (κ3) is 5.56. The molecular weight excluding hydrogens is 374 g/mol. The van der Waals surface area contributed by atoms with Crippen LogP contribution in [0, 0.1) is 6.92 Å². The largest absolute Gasteiger partial charge is 0.497 e. The molecule has 154 valence electrons. The van der Waals surface area contributed by atoms with Crippen LogP contribution in [0.3, 0.4) is 0 Å². The Labute approximate surface area is 169 Å². The maximum absolute atomic E-state index is 12.5. The Morgan fingerprint density at radius 3 is 2.48 bits per heavy atom. The van der Waals surface area contributed by atoms with Crippen LogP contribution >= 0.6 is 0 Å². The minimum atomic E-state index is -0.276. The van der Waals surface area contributed by atoms with Crippen LogP contribution in [0.2, 0.25) is 0 Å². The number of rotatable bonds is 8. The number of aromatic nitrogens is 2. The van der Waals surface area contributed by atoms with Gasteiger partial charge in [0.15, 0.2) is 0 Å². The molecule has 2 aromatic rings. The summed E-state index contributed by atoms with van der Waals surface area (Å²) in [7, 11) is 1.61. The van der Waals surface area contributed by atoms with Gasteiger partial charge in [0.25, 0.3) is 5.91 Å². The molecule has 2 heterocycles. The summed E-state index contributed by atoms with van der Waals surface area (Å²) in [6.45, 7) is 5.02. The molecule has 0 atom stereocenters. The van der Waals surface area contributed by atoms with Gasteiger partial charge >= 0.3 is 0 Å². The van der Waals surface area contributed by atoms with Crippen LogP contribution in [0.5, 0.6) is 11.5 Å². The highest BCUT2D eigenvalue weighted by atomic mass is 16.5. The second kappa shape index (κ2) is 9.72. The quantitative estimate of drug-likeness (QED) is 0.520. The lowest BCUT2D eigenvalue weighted by atomic mass is 10.3. The van der Waals surface area contributed by atoms with Gasteiger partial charge < -0.3 is 24.6 Å². The van der Waals surface area contributed by atoms with Gasteiger partial charge in [-0.05, 0) is 37.3 Å². The van der Waals surface area contributed by atoms with E-state index in [1.54, 1.807) is 18.1 Å². The van der Waals surface area contributed by atoms with Crippen molar-refractivity contribution in [3.63, 3.8) is 0 Å². The molecule has 1 saturated heterocycles. The van der Waals surface area contributed by atoms with Crippen LogP contribution in [0.4, 0.5) is 5.95 Å². The lowest BCUT2D eigenvalue weighted by Crippen LogP contribution is -2.46. The highest BCUT2D eigenvalue weighted by Crippen LogP contribution is 2.17. The number of benzene rings is 1. The van der Waals surface area contributed by atoms with Gasteiger partial charge in [-0.25, -0.2) is 9.97 Å². The summed E-state index contributed by atoms with van der Waals surface area (Å²) in [5, 5.41) is 2.81. The molecule has 2 amide bonds. The van der Waals surface area contributed by atoms with E-state index in [9.17, 15) is 9.59 Å². The van der Waals surface area contributed by atoms with Crippen molar-refractivity contribution in [2.75, 3.05) is 51.3 Å². The predicted octanol–water partition coefficient (Wildman–Crippen LogP) is 0.881. The molecule has 0 saturated carbocycles. The number of hydrogen-bond donors (Lipinski definition) is 1. The molecule has 9 heteroatoms. The van der Waals surface area contributed by atoms with Gasteiger partial charge in [-0.2, -0.15) is 0 Å². The Bertz CT molecular complexity index is 835. The summed E-state index contributed by atoms with van der Waals surface area (Å²) in [6.07, 6.45) is 0.849. The lowest BCUT2D eigenvalue weighted by molar-refractivity contribution is -0.118. The van der Waals surface area contributed by atoms with E-state index < -0.39 is 0 Å². The fourth-order valence-corrected chi connectivity index (χ4v) is 2.93. The van der Waals surface area contributed by atoms with Gasteiger partial charge in [0.1, 0.15) is 23.8 Å². The van der Waals surface area contributed by atoms with E-state index in [0.29, 0.717) is 62.4 Å². The number of carbonyl (C=O) groups is 2. The summed E-state index contributed by atoms with van der Waals surface area (Å²) in [5.41, 5.74) is 1.03. The molecule has 0 spiro atoms. The smallest absolute Gasteiger partial charge is 0.270 e. The number of ether oxygens (including phenoxy) is 2. The lowest BCUT2D eigenvalue weighted by Gasteiger charge is -2.32. The molecule has 0 bridgehead atoms. The molecule has 1 aromatic carbocycles. The fourth-order valence-electron chi connectivity index (χ4n) is 2.93. The molecule has 1 aromatic heterocycles. The van der Waals surface area contributed by atoms with E-state index in [0.717, 1.165) is 12.2 Å². The van der Waals surface area contributed by atoms with Crippen molar-refractivity contribution in [1.82, 2.24) is 20.2 Å². The van der Waals surface area contributed by atoms with E-state index in [2.05, 4.69) is 15.3 Å². The Hall–Kier alpha value is -3.36. The van der Waals surface area contributed by atoms with Gasteiger partial charge in [0, 0.05) is 31.9 Å². The van der Waals surface area contributed by atoms with Gasteiger partial charge in [-0.15, -0.1) is 0 Å². The molecule has 9 nitrogen and oxygen atoms in total. The number of carbonyl (C=O) groups excluding carboxylic acids is 2. The van der Waals surface area contributed by atoms with Crippen LogP contribution in [0.15, 0.2) is 30.3 Å². The Kier molecular flexibility index (Phi) is 6.83. The van der Waals surface area contributed by atoms with E-state index in [1.165, 1.54) is 0 Å². The monoisotopic (exact) mass is 399 g/mol. The van der Waals surface area contributed by atoms with Crippen molar-refractivity contribution in [2.45, 2.75) is 6.92 Å². The molecule has 1 N–H and O–H groups in total. The number of nitrogens with zero attached hydrogens (tertiary/aromatic N) is 4.